The predicted molar refractivity (Wildman–Crippen MR) is 87.8 cm³/mol. The van der Waals surface area contributed by atoms with Crippen LogP contribution in [0.5, 0.6) is 0 Å². The number of aryl methyl sites for hydroxylation is 4. The molecule has 1 aromatic carbocycles. The van der Waals surface area contributed by atoms with Gasteiger partial charge in [0.2, 0.25) is 15.9 Å². The van der Waals surface area contributed by atoms with Gasteiger partial charge in [-0.3, -0.25) is 9.89 Å². The Hall–Kier alpha value is -2.19. The summed E-state index contributed by atoms with van der Waals surface area (Å²) in [6.45, 7) is 6.65. The molecule has 0 spiro atoms. The second-order valence-electron chi connectivity index (χ2n) is 5.45. The van der Waals surface area contributed by atoms with Crippen molar-refractivity contribution in [2.75, 3.05) is 11.9 Å². The highest BCUT2D eigenvalue weighted by molar-refractivity contribution is 7.89. The lowest BCUT2D eigenvalue weighted by Gasteiger charge is -2.10. The molecule has 0 bridgehead atoms. The van der Waals surface area contributed by atoms with Gasteiger partial charge in [0.1, 0.15) is 4.90 Å². The molecule has 0 radical (unpaired) electrons. The van der Waals surface area contributed by atoms with Crippen molar-refractivity contribution in [3.63, 3.8) is 0 Å². The number of amides is 1. The van der Waals surface area contributed by atoms with Crippen molar-refractivity contribution in [1.29, 1.82) is 0 Å². The summed E-state index contributed by atoms with van der Waals surface area (Å²) in [6, 6.07) is 5.68. The van der Waals surface area contributed by atoms with E-state index in [-0.39, 0.29) is 11.4 Å². The number of carbonyl (C=O) groups is 1. The van der Waals surface area contributed by atoms with Crippen LogP contribution in [0.15, 0.2) is 23.1 Å². The first kappa shape index (κ1) is 17.2. The van der Waals surface area contributed by atoms with Crippen molar-refractivity contribution >= 4 is 21.6 Å². The Morgan fingerprint density at radius 3 is 2.52 bits per heavy atom. The molecule has 1 heterocycles. The minimum atomic E-state index is -3.79. The standard InChI is InChI=1S/C15H20N4O3S/c1-9-5-6-10(2)13(7-9)17-14(20)8-16-23(21,22)15-11(3)18-19-12(15)4/h5-7,16H,8H2,1-4H3,(H,17,20)(H,18,19). The molecule has 7 nitrogen and oxygen atoms in total. The van der Waals surface area contributed by atoms with E-state index in [9.17, 15) is 13.2 Å². The molecule has 0 saturated carbocycles. The number of hydrogen-bond donors (Lipinski definition) is 3. The lowest BCUT2D eigenvalue weighted by atomic mass is 10.1. The highest BCUT2D eigenvalue weighted by atomic mass is 32.2. The van der Waals surface area contributed by atoms with E-state index in [1.54, 1.807) is 13.8 Å². The number of sulfonamides is 1. The average molecular weight is 336 g/mol. The van der Waals surface area contributed by atoms with Gasteiger partial charge in [-0.15, -0.1) is 0 Å². The average Bonchev–Trinajstić information content (AvgIpc) is 2.81. The molecule has 0 saturated heterocycles. The molecule has 0 aliphatic heterocycles. The number of rotatable bonds is 5. The van der Waals surface area contributed by atoms with E-state index in [1.165, 1.54) is 0 Å². The Kier molecular flexibility index (Phi) is 4.86. The molecule has 124 valence electrons. The molecule has 0 aliphatic carbocycles. The van der Waals surface area contributed by atoms with E-state index >= 15 is 0 Å². The third-order valence-corrected chi connectivity index (χ3v) is 5.08. The quantitative estimate of drug-likeness (QED) is 0.771. The van der Waals surface area contributed by atoms with Crippen LogP contribution in [0.1, 0.15) is 22.5 Å². The van der Waals surface area contributed by atoms with Gasteiger partial charge in [-0.05, 0) is 44.9 Å². The topological polar surface area (TPSA) is 104 Å². The van der Waals surface area contributed by atoms with Gasteiger partial charge in [0.05, 0.1) is 17.9 Å². The zero-order chi connectivity index (χ0) is 17.2. The van der Waals surface area contributed by atoms with Gasteiger partial charge in [0, 0.05) is 5.69 Å². The highest BCUT2D eigenvalue weighted by Crippen LogP contribution is 2.17. The monoisotopic (exact) mass is 336 g/mol. The van der Waals surface area contributed by atoms with Crippen LogP contribution in [0.4, 0.5) is 5.69 Å². The van der Waals surface area contributed by atoms with Crippen molar-refractivity contribution in [2.45, 2.75) is 32.6 Å². The van der Waals surface area contributed by atoms with Gasteiger partial charge < -0.3 is 5.32 Å². The van der Waals surface area contributed by atoms with Crippen LogP contribution in [0.25, 0.3) is 0 Å². The van der Waals surface area contributed by atoms with Gasteiger partial charge >= 0.3 is 0 Å². The number of nitrogens with one attached hydrogen (secondary N) is 3. The van der Waals surface area contributed by atoms with Crippen LogP contribution in [-0.2, 0) is 14.8 Å². The Balaban J connectivity index is 2.06. The van der Waals surface area contributed by atoms with Crippen LogP contribution in [0.3, 0.4) is 0 Å². The van der Waals surface area contributed by atoms with Gasteiger partial charge in [-0.1, -0.05) is 12.1 Å². The van der Waals surface area contributed by atoms with Crippen LogP contribution in [0, 0.1) is 27.7 Å². The first-order chi connectivity index (χ1) is 10.7. The van der Waals surface area contributed by atoms with Gasteiger partial charge in [-0.25, -0.2) is 13.1 Å². The normalized spacial score (nSPS) is 11.5. The molecular formula is C15H20N4O3S. The minimum absolute atomic E-state index is 0.0806. The maximum absolute atomic E-state index is 12.3. The van der Waals surface area contributed by atoms with Crippen molar-refractivity contribution in [2.24, 2.45) is 0 Å². The number of carbonyl (C=O) groups excluding carboxylic acids is 1. The first-order valence-electron chi connectivity index (χ1n) is 7.09. The Labute approximate surface area is 135 Å². The number of benzene rings is 1. The molecule has 2 rings (SSSR count). The molecular weight excluding hydrogens is 316 g/mol. The number of aromatic amines is 1. The van der Waals surface area contributed by atoms with E-state index < -0.39 is 15.9 Å². The summed E-state index contributed by atoms with van der Waals surface area (Å²) in [7, 11) is -3.79. The summed E-state index contributed by atoms with van der Waals surface area (Å²) < 4.78 is 26.8. The van der Waals surface area contributed by atoms with E-state index in [0.717, 1.165) is 11.1 Å². The van der Waals surface area contributed by atoms with Crippen LogP contribution < -0.4 is 10.0 Å². The lowest BCUT2D eigenvalue weighted by Crippen LogP contribution is -2.33. The molecule has 3 N–H and O–H groups in total. The summed E-state index contributed by atoms with van der Waals surface area (Å²) in [4.78, 5) is 12.1. The maximum atomic E-state index is 12.3. The summed E-state index contributed by atoms with van der Waals surface area (Å²) in [5.74, 6) is -0.430. The summed E-state index contributed by atoms with van der Waals surface area (Å²) in [5.41, 5.74) is 3.39. The predicted octanol–water partition coefficient (Wildman–Crippen LogP) is 1.56. The second-order valence-corrected chi connectivity index (χ2v) is 7.16. The SMILES string of the molecule is Cc1ccc(C)c(NC(=O)CNS(=O)(=O)c2c(C)n[nH]c2C)c1. The first-order valence-corrected chi connectivity index (χ1v) is 8.57. The van der Waals surface area contributed by atoms with E-state index in [4.69, 9.17) is 0 Å². The second kappa shape index (κ2) is 6.51. The molecule has 0 unspecified atom stereocenters. The Bertz CT molecular complexity index is 821. The molecule has 2 aromatic rings. The van der Waals surface area contributed by atoms with E-state index in [0.29, 0.717) is 17.1 Å². The molecule has 0 atom stereocenters. The van der Waals surface area contributed by atoms with Crippen molar-refractivity contribution in [1.82, 2.24) is 14.9 Å². The molecule has 0 fully saturated rings. The molecule has 1 amide bonds. The molecule has 1 aromatic heterocycles. The third-order valence-electron chi connectivity index (χ3n) is 3.42. The Morgan fingerprint density at radius 1 is 1.22 bits per heavy atom. The highest BCUT2D eigenvalue weighted by Gasteiger charge is 2.22. The van der Waals surface area contributed by atoms with E-state index in [1.807, 2.05) is 32.0 Å². The largest absolute Gasteiger partial charge is 0.325 e. The fourth-order valence-corrected chi connectivity index (χ4v) is 3.58. The zero-order valence-corrected chi connectivity index (χ0v) is 14.3. The van der Waals surface area contributed by atoms with Crippen molar-refractivity contribution in [3.8, 4) is 0 Å². The van der Waals surface area contributed by atoms with Crippen LogP contribution in [-0.4, -0.2) is 31.1 Å². The number of nitrogens with zero attached hydrogens (tertiary/aromatic N) is 1. The summed E-state index contributed by atoms with van der Waals surface area (Å²) in [5, 5.41) is 9.18. The van der Waals surface area contributed by atoms with Gasteiger partial charge in [0.25, 0.3) is 0 Å². The molecule has 8 heteroatoms. The van der Waals surface area contributed by atoms with Crippen LogP contribution in [0.2, 0.25) is 0 Å². The van der Waals surface area contributed by atoms with Crippen LogP contribution >= 0.6 is 0 Å². The number of hydrogen-bond acceptors (Lipinski definition) is 4. The molecule has 0 aliphatic rings. The summed E-state index contributed by atoms with van der Waals surface area (Å²) in [6.07, 6.45) is 0. The fraction of sp³-hybridized carbons (Fsp3) is 0.333. The number of anilines is 1. The fourth-order valence-electron chi connectivity index (χ4n) is 2.23. The lowest BCUT2D eigenvalue weighted by molar-refractivity contribution is -0.115. The van der Waals surface area contributed by atoms with Gasteiger partial charge in [0.15, 0.2) is 0 Å². The number of aromatic nitrogens is 2. The third kappa shape index (κ3) is 3.96. The smallest absolute Gasteiger partial charge is 0.244 e. The zero-order valence-electron chi connectivity index (χ0n) is 13.5. The molecule has 23 heavy (non-hydrogen) atoms. The van der Waals surface area contributed by atoms with E-state index in [2.05, 4.69) is 20.2 Å². The van der Waals surface area contributed by atoms with Crippen molar-refractivity contribution < 1.29 is 13.2 Å². The minimum Gasteiger partial charge on any atom is -0.325 e. The summed E-state index contributed by atoms with van der Waals surface area (Å²) >= 11 is 0. The van der Waals surface area contributed by atoms with Gasteiger partial charge in [-0.2, -0.15) is 5.10 Å². The maximum Gasteiger partial charge on any atom is 0.244 e. The Morgan fingerprint density at radius 2 is 1.91 bits per heavy atom. The number of H-pyrrole nitrogens is 1. The van der Waals surface area contributed by atoms with Crippen molar-refractivity contribution in [3.05, 3.63) is 40.7 Å².